The van der Waals surface area contributed by atoms with Crippen LogP contribution in [-0.2, 0) is 20.6 Å². The van der Waals surface area contributed by atoms with E-state index in [1.165, 1.54) is 11.6 Å². The fraction of sp³-hybridized carbons (Fsp3) is 0.217. The maximum absolute atomic E-state index is 12.9. The number of aromatic nitrogens is 4. The topological polar surface area (TPSA) is 83.4 Å². The van der Waals surface area contributed by atoms with Gasteiger partial charge in [0.2, 0.25) is 5.95 Å². The Balaban J connectivity index is 1.84. The molecule has 0 amide bonds. The fourth-order valence-corrected chi connectivity index (χ4v) is 3.40. The molecule has 0 unspecified atom stereocenters. The molecule has 0 fully saturated rings. The zero-order chi connectivity index (χ0) is 22.0. The molecule has 31 heavy (non-hydrogen) atoms. The molecule has 0 saturated heterocycles. The molecule has 2 aromatic carbocycles. The molecule has 0 aliphatic carbocycles. The molecule has 4 rings (SSSR count). The molecular weight excluding hydrogens is 394 g/mol. The Kier molecular flexibility index (Phi) is 5.53. The molecule has 0 aliphatic rings. The highest BCUT2D eigenvalue weighted by Crippen LogP contribution is 2.20. The van der Waals surface area contributed by atoms with Gasteiger partial charge in [0, 0.05) is 20.3 Å². The molecule has 4 aromatic rings. The van der Waals surface area contributed by atoms with Crippen LogP contribution >= 0.6 is 0 Å². The van der Waals surface area contributed by atoms with Crippen molar-refractivity contribution in [2.75, 3.05) is 6.61 Å². The Morgan fingerprint density at radius 3 is 2.39 bits per heavy atom. The third-order valence-corrected chi connectivity index (χ3v) is 5.03. The van der Waals surface area contributed by atoms with E-state index >= 15 is 0 Å². The van der Waals surface area contributed by atoms with E-state index in [0.29, 0.717) is 30.3 Å². The molecule has 0 bridgehead atoms. The molecular formula is C23H23N5O3. The first kappa shape index (κ1) is 20.3. The average Bonchev–Trinajstić information content (AvgIpc) is 3.15. The quantitative estimate of drug-likeness (QED) is 0.452. The van der Waals surface area contributed by atoms with Gasteiger partial charge in [-0.05, 0) is 42.3 Å². The highest BCUT2D eigenvalue weighted by atomic mass is 16.5. The summed E-state index contributed by atoms with van der Waals surface area (Å²) in [7, 11) is 3.07. The highest BCUT2D eigenvalue weighted by Gasteiger charge is 2.19. The molecule has 0 N–H and O–H groups in total. The summed E-state index contributed by atoms with van der Waals surface area (Å²) >= 11 is 0. The Morgan fingerprint density at radius 1 is 1.00 bits per heavy atom. The van der Waals surface area contributed by atoms with Gasteiger partial charge < -0.3 is 4.74 Å². The van der Waals surface area contributed by atoms with E-state index in [4.69, 9.17) is 4.74 Å². The number of nitrogens with zero attached hydrogens (tertiary/aromatic N) is 5. The maximum Gasteiger partial charge on any atom is 0.332 e. The van der Waals surface area contributed by atoms with Gasteiger partial charge in [0.15, 0.2) is 11.2 Å². The lowest BCUT2D eigenvalue weighted by atomic mass is 10.2. The molecule has 8 heteroatoms. The van der Waals surface area contributed by atoms with Crippen molar-refractivity contribution in [3.63, 3.8) is 0 Å². The SMILES string of the molecule is CCOc1ccc(/C=N/c2nc3c(c(=O)n(C)c(=O)n3C)n2Cc2ccccc2)cc1. The number of ether oxygens (including phenoxy) is 1. The van der Waals surface area contributed by atoms with Crippen LogP contribution < -0.4 is 16.0 Å². The second kappa shape index (κ2) is 8.43. The van der Waals surface area contributed by atoms with E-state index in [2.05, 4.69) is 9.98 Å². The van der Waals surface area contributed by atoms with Crippen molar-refractivity contribution in [2.45, 2.75) is 13.5 Å². The van der Waals surface area contributed by atoms with Gasteiger partial charge in [-0.1, -0.05) is 30.3 Å². The van der Waals surface area contributed by atoms with Crippen molar-refractivity contribution in [2.24, 2.45) is 19.1 Å². The summed E-state index contributed by atoms with van der Waals surface area (Å²) in [6, 6.07) is 17.3. The first-order chi connectivity index (χ1) is 15.0. The molecule has 0 spiro atoms. The Hall–Kier alpha value is -3.94. The highest BCUT2D eigenvalue weighted by molar-refractivity contribution is 5.83. The number of imidazole rings is 1. The monoisotopic (exact) mass is 417 g/mol. The first-order valence-electron chi connectivity index (χ1n) is 9.96. The van der Waals surface area contributed by atoms with Gasteiger partial charge in [0.05, 0.1) is 13.2 Å². The second-order valence-corrected chi connectivity index (χ2v) is 7.12. The summed E-state index contributed by atoms with van der Waals surface area (Å²) < 4.78 is 9.67. The van der Waals surface area contributed by atoms with Gasteiger partial charge in [0.1, 0.15) is 5.75 Å². The van der Waals surface area contributed by atoms with E-state index in [9.17, 15) is 9.59 Å². The molecule has 0 atom stereocenters. The predicted octanol–water partition coefficient (Wildman–Crippen LogP) is 2.63. The smallest absolute Gasteiger partial charge is 0.332 e. The summed E-state index contributed by atoms with van der Waals surface area (Å²) in [5.74, 6) is 1.14. The standard InChI is InChI=1S/C23H23N5O3/c1-4-31-18-12-10-16(11-13-18)14-24-22-25-20-19(21(29)27(3)23(30)26(20)2)28(22)15-17-8-6-5-7-9-17/h5-14H,4,15H2,1-3H3/b24-14+. The van der Waals surface area contributed by atoms with Crippen LogP contribution in [0.5, 0.6) is 5.75 Å². The normalized spacial score (nSPS) is 11.5. The minimum Gasteiger partial charge on any atom is -0.494 e. The third kappa shape index (κ3) is 3.92. The number of benzene rings is 2. The molecule has 8 nitrogen and oxygen atoms in total. The molecule has 158 valence electrons. The fourth-order valence-electron chi connectivity index (χ4n) is 3.40. The number of hydrogen-bond acceptors (Lipinski definition) is 5. The van der Waals surface area contributed by atoms with Gasteiger partial charge in [-0.2, -0.15) is 4.98 Å². The number of hydrogen-bond donors (Lipinski definition) is 0. The molecule has 2 heterocycles. The van der Waals surface area contributed by atoms with Crippen molar-refractivity contribution >= 4 is 23.3 Å². The van der Waals surface area contributed by atoms with Gasteiger partial charge in [-0.3, -0.25) is 18.5 Å². The average molecular weight is 417 g/mol. The Labute approximate surface area is 178 Å². The lowest BCUT2D eigenvalue weighted by Gasteiger charge is -2.08. The van der Waals surface area contributed by atoms with Crippen molar-refractivity contribution in [3.05, 3.63) is 86.6 Å². The van der Waals surface area contributed by atoms with Crippen molar-refractivity contribution in [1.82, 2.24) is 18.7 Å². The van der Waals surface area contributed by atoms with Crippen LogP contribution in [0.15, 0.2) is 69.2 Å². The van der Waals surface area contributed by atoms with Crippen molar-refractivity contribution in [3.8, 4) is 5.75 Å². The minimum absolute atomic E-state index is 0.308. The summed E-state index contributed by atoms with van der Waals surface area (Å²) in [4.78, 5) is 34.4. The van der Waals surface area contributed by atoms with Crippen molar-refractivity contribution in [1.29, 1.82) is 0 Å². The van der Waals surface area contributed by atoms with E-state index in [0.717, 1.165) is 21.4 Å². The summed E-state index contributed by atoms with van der Waals surface area (Å²) in [6.07, 6.45) is 1.68. The Bertz CT molecular complexity index is 1360. The van der Waals surface area contributed by atoms with Gasteiger partial charge >= 0.3 is 5.69 Å². The van der Waals surface area contributed by atoms with E-state index in [-0.39, 0.29) is 0 Å². The molecule has 0 radical (unpaired) electrons. The van der Waals surface area contributed by atoms with E-state index in [1.807, 2.05) is 61.5 Å². The molecule has 0 saturated carbocycles. The Morgan fingerprint density at radius 2 is 1.71 bits per heavy atom. The number of fused-ring (bicyclic) bond motifs is 1. The van der Waals surface area contributed by atoms with Crippen LogP contribution in [0.1, 0.15) is 18.1 Å². The van der Waals surface area contributed by atoms with Crippen molar-refractivity contribution < 1.29 is 4.74 Å². The van der Waals surface area contributed by atoms with Crippen LogP contribution in [0.2, 0.25) is 0 Å². The largest absolute Gasteiger partial charge is 0.494 e. The summed E-state index contributed by atoms with van der Waals surface area (Å²) in [5, 5.41) is 0. The van der Waals surface area contributed by atoms with Gasteiger partial charge in [0.25, 0.3) is 5.56 Å². The zero-order valence-electron chi connectivity index (χ0n) is 17.6. The number of rotatable bonds is 6. The number of aliphatic imine (C=N–C) groups is 1. The van der Waals surface area contributed by atoms with Gasteiger partial charge in [-0.15, -0.1) is 0 Å². The molecule has 0 aliphatic heterocycles. The second-order valence-electron chi connectivity index (χ2n) is 7.12. The predicted molar refractivity (Wildman–Crippen MR) is 121 cm³/mol. The van der Waals surface area contributed by atoms with Crippen LogP contribution in [0.4, 0.5) is 5.95 Å². The first-order valence-corrected chi connectivity index (χ1v) is 9.96. The van der Waals surface area contributed by atoms with E-state index in [1.54, 1.807) is 17.8 Å². The lowest BCUT2D eigenvalue weighted by Crippen LogP contribution is -2.37. The third-order valence-electron chi connectivity index (χ3n) is 5.03. The van der Waals surface area contributed by atoms with Crippen LogP contribution in [0, 0.1) is 0 Å². The maximum atomic E-state index is 12.9. The zero-order valence-corrected chi connectivity index (χ0v) is 17.6. The summed E-state index contributed by atoms with van der Waals surface area (Å²) in [5.41, 5.74) is 1.68. The number of aryl methyl sites for hydroxylation is 1. The summed E-state index contributed by atoms with van der Waals surface area (Å²) in [6.45, 7) is 2.94. The van der Waals surface area contributed by atoms with E-state index < -0.39 is 11.2 Å². The van der Waals surface area contributed by atoms with Crippen LogP contribution in [0.3, 0.4) is 0 Å². The van der Waals surface area contributed by atoms with Gasteiger partial charge in [-0.25, -0.2) is 9.79 Å². The lowest BCUT2D eigenvalue weighted by molar-refractivity contribution is 0.340. The van der Waals surface area contributed by atoms with Crippen LogP contribution in [-0.4, -0.2) is 31.5 Å². The molecule has 2 aromatic heterocycles. The minimum atomic E-state index is -0.427. The van der Waals surface area contributed by atoms with Crippen LogP contribution in [0.25, 0.3) is 11.2 Å².